The van der Waals surface area contributed by atoms with E-state index in [2.05, 4.69) is 0 Å². The van der Waals surface area contributed by atoms with E-state index in [-0.39, 0.29) is 0 Å². The van der Waals surface area contributed by atoms with Gasteiger partial charge in [0.15, 0.2) is 0 Å². The Balaban J connectivity index is 3.39. The SMILES string of the molecule is C[N+](C)(C)CC[PH](=O)[O-]. The molecular weight excluding hydrogens is 137 g/mol. The number of rotatable bonds is 3. The summed E-state index contributed by atoms with van der Waals surface area (Å²) in [6, 6.07) is 0. The Hall–Kier alpha value is 0.150. The molecular formula is C5H14NO2P. The topological polar surface area (TPSA) is 40.1 Å². The van der Waals surface area contributed by atoms with Gasteiger partial charge in [0.05, 0.1) is 27.7 Å². The molecule has 0 saturated heterocycles. The van der Waals surface area contributed by atoms with Crippen molar-refractivity contribution in [1.29, 1.82) is 0 Å². The molecule has 9 heavy (non-hydrogen) atoms. The number of hydrogen-bond acceptors (Lipinski definition) is 2. The van der Waals surface area contributed by atoms with E-state index >= 15 is 0 Å². The Morgan fingerprint density at radius 2 is 1.89 bits per heavy atom. The lowest BCUT2D eigenvalue weighted by atomic mass is 10.6. The summed E-state index contributed by atoms with van der Waals surface area (Å²) in [6.07, 6.45) is 0.328. The van der Waals surface area contributed by atoms with E-state index in [1.165, 1.54) is 0 Å². The van der Waals surface area contributed by atoms with Crippen molar-refractivity contribution in [2.24, 2.45) is 0 Å². The van der Waals surface area contributed by atoms with E-state index in [0.29, 0.717) is 12.7 Å². The van der Waals surface area contributed by atoms with Gasteiger partial charge >= 0.3 is 0 Å². The van der Waals surface area contributed by atoms with Crippen LogP contribution in [0.25, 0.3) is 0 Å². The largest absolute Gasteiger partial charge is 0.801 e. The van der Waals surface area contributed by atoms with Crippen LogP contribution in [0.5, 0.6) is 0 Å². The third-order valence-corrected chi connectivity index (χ3v) is 1.62. The molecule has 0 fully saturated rings. The normalized spacial score (nSPS) is 15.6. The number of nitrogens with zero attached hydrogens (tertiary/aromatic N) is 1. The van der Waals surface area contributed by atoms with Crippen LogP contribution in [0.3, 0.4) is 0 Å². The van der Waals surface area contributed by atoms with Crippen molar-refractivity contribution >= 4 is 8.03 Å². The zero-order chi connectivity index (χ0) is 7.49. The molecule has 1 atom stereocenters. The molecule has 0 aliphatic heterocycles. The smallest absolute Gasteiger partial charge is 0.0835 e. The van der Waals surface area contributed by atoms with Gasteiger partial charge < -0.3 is 13.9 Å². The van der Waals surface area contributed by atoms with Crippen molar-refractivity contribution in [2.45, 2.75) is 0 Å². The van der Waals surface area contributed by atoms with Crippen LogP contribution in [0.2, 0.25) is 0 Å². The highest BCUT2D eigenvalue weighted by atomic mass is 31.1. The molecule has 56 valence electrons. The summed E-state index contributed by atoms with van der Waals surface area (Å²) in [4.78, 5) is 10.1. The van der Waals surface area contributed by atoms with Gasteiger partial charge in [0.1, 0.15) is 0 Å². The van der Waals surface area contributed by atoms with Crippen molar-refractivity contribution in [3.05, 3.63) is 0 Å². The first kappa shape index (κ1) is 9.15. The Labute approximate surface area is 56.8 Å². The molecule has 0 saturated carbocycles. The average Bonchev–Trinajstić information content (AvgIpc) is 1.59. The van der Waals surface area contributed by atoms with Crippen molar-refractivity contribution in [1.82, 2.24) is 0 Å². The van der Waals surface area contributed by atoms with Crippen molar-refractivity contribution in [3.63, 3.8) is 0 Å². The van der Waals surface area contributed by atoms with Crippen LogP contribution in [0.4, 0.5) is 0 Å². The second-order valence-corrected chi connectivity index (χ2v) is 4.38. The molecule has 4 heteroatoms. The minimum absolute atomic E-state index is 0.328. The maximum absolute atomic E-state index is 10.1. The molecule has 0 rings (SSSR count). The highest BCUT2D eigenvalue weighted by Crippen LogP contribution is 2.06. The highest BCUT2D eigenvalue weighted by Gasteiger charge is 2.04. The Kier molecular flexibility index (Phi) is 3.41. The van der Waals surface area contributed by atoms with Gasteiger partial charge in [-0.05, 0) is 0 Å². The fraction of sp³-hybridized carbons (Fsp3) is 1.00. The first-order chi connectivity index (χ1) is 3.92. The van der Waals surface area contributed by atoms with Gasteiger partial charge in [0.2, 0.25) is 0 Å². The third kappa shape index (κ3) is 8.15. The van der Waals surface area contributed by atoms with E-state index in [1.807, 2.05) is 21.1 Å². The summed E-state index contributed by atoms with van der Waals surface area (Å²) in [5.74, 6) is 0. The van der Waals surface area contributed by atoms with Crippen LogP contribution in [-0.2, 0) is 4.57 Å². The minimum atomic E-state index is -2.48. The molecule has 0 aromatic rings. The fourth-order valence-corrected chi connectivity index (χ4v) is 1.28. The molecule has 0 aliphatic rings. The molecule has 3 nitrogen and oxygen atoms in total. The predicted molar refractivity (Wildman–Crippen MR) is 36.8 cm³/mol. The maximum atomic E-state index is 10.1. The third-order valence-electron chi connectivity index (χ3n) is 0.987. The van der Waals surface area contributed by atoms with Crippen molar-refractivity contribution in [3.8, 4) is 0 Å². The van der Waals surface area contributed by atoms with Gasteiger partial charge in [-0.3, -0.25) is 0 Å². The quantitative estimate of drug-likeness (QED) is 0.404. The Bertz CT molecular complexity index is 108. The molecule has 0 spiro atoms. The van der Waals surface area contributed by atoms with E-state index in [0.717, 1.165) is 4.48 Å². The zero-order valence-electron chi connectivity index (χ0n) is 6.18. The molecule has 0 heterocycles. The molecule has 1 unspecified atom stereocenters. The first-order valence-electron chi connectivity index (χ1n) is 2.92. The molecule has 0 bridgehead atoms. The van der Waals surface area contributed by atoms with E-state index < -0.39 is 8.03 Å². The van der Waals surface area contributed by atoms with Gasteiger partial charge in [-0.25, -0.2) is 0 Å². The molecule has 0 aromatic carbocycles. The molecule has 0 amide bonds. The van der Waals surface area contributed by atoms with Gasteiger partial charge in [-0.1, -0.05) is 0 Å². The second-order valence-electron chi connectivity index (χ2n) is 3.14. The van der Waals surface area contributed by atoms with Crippen molar-refractivity contribution in [2.75, 3.05) is 33.8 Å². The van der Waals surface area contributed by atoms with Crippen LogP contribution in [0.1, 0.15) is 0 Å². The monoisotopic (exact) mass is 151 g/mol. The molecule has 0 aromatic heterocycles. The molecule has 0 aliphatic carbocycles. The lowest BCUT2D eigenvalue weighted by Crippen LogP contribution is -2.36. The highest BCUT2D eigenvalue weighted by molar-refractivity contribution is 7.36. The van der Waals surface area contributed by atoms with E-state index in [9.17, 15) is 9.46 Å². The zero-order valence-corrected chi connectivity index (χ0v) is 7.18. The standard InChI is InChI=1S/C5H14NO2P/c1-6(2,3)4-5-9(7)8/h9H,4-5H2,1-3H3. The summed E-state index contributed by atoms with van der Waals surface area (Å²) in [7, 11) is 3.45. The summed E-state index contributed by atoms with van der Waals surface area (Å²) < 4.78 is 10.8. The Morgan fingerprint density at radius 3 is 2.00 bits per heavy atom. The van der Waals surface area contributed by atoms with Gasteiger partial charge in [0, 0.05) is 14.2 Å². The van der Waals surface area contributed by atoms with Gasteiger partial charge in [0.25, 0.3) is 0 Å². The fourth-order valence-electron chi connectivity index (χ4n) is 0.427. The summed E-state index contributed by atoms with van der Waals surface area (Å²) in [6.45, 7) is 0.710. The van der Waals surface area contributed by atoms with Gasteiger partial charge in [-0.15, -0.1) is 0 Å². The van der Waals surface area contributed by atoms with E-state index in [4.69, 9.17) is 0 Å². The molecule has 0 N–H and O–H groups in total. The van der Waals surface area contributed by atoms with E-state index in [1.54, 1.807) is 0 Å². The summed E-state index contributed by atoms with van der Waals surface area (Å²) >= 11 is 0. The lowest BCUT2D eigenvalue weighted by molar-refractivity contribution is -0.867. The Morgan fingerprint density at radius 1 is 1.44 bits per heavy atom. The van der Waals surface area contributed by atoms with Crippen LogP contribution >= 0.6 is 8.03 Å². The molecule has 0 radical (unpaired) electrons. The number of hydrogen-bond donors (Lipinski definition) is 0. The second kappa shape index (κ2) is 3.35. The van der Waals surface area contributed by atoms with Gasteiger partial charge in [-0.2, -0.15) is 0 Å². The van der Waals surface area contributed by atoms with Crippen LogP contribution in [0, 0.1) is 0 Å². The van der Waals surface area contributed by atoms with Crippen LogP contribution < -0.4 is 4.89 Å². The number of quaternary nitrogens is 1. The summed E-state index contributed by atoms with van der Waals surface area (Å²) in [5, 5.41) is 0. The average molecular weight is 151 g/mol. The van der Waals surface area contributed by atoms with Crippen LogP contribution in [0.15, 0.2) is 0 Å². The minimum Gasteiger partial charge on any atom is -0.801 e. The lowest BCUT2D eigenvalue weighted by Gasteiger charge is -2.24. The van der Waals surface area contributed by atoms with Crippen LogP contribution in [-0.4, -0.2) is 38.3 Å². The maximum Gasteiger partial charge on any atom is 0.0835 e. The summed E-state index contributed by atoms with van der Waals surface area (Å²) in [5.41, 5.74) is 0. The predicted octanol–water partition coefficient (Wildman–Crippen LogP) is -0.472. The van der Waals surface area contributed by atoms with Crippen molar-refractivity contribution < 1.29 is 13.9 Å². The first-order valence-corrected chi connectivity index (χ1v) is 4.44.